The van der Waals surface area contributed by atoms with E-state index in [1.807, 2.05) is 59.3 Å². The fourth-order valence-corrected chi connectivity index (χ4v) is 3.12. The van der Waals surface area contributed by atoms with Gasteiger partial charge in [-0.3, -0.25) is 4.79 Å². The maximum atomic E-state index is 12.6. The first-order valence-corrected chi connectivity index (χ1v) is 8.63. The number of nitrogens with zero attached hydrogens (tertiary/aromatic N) is 2. The molecule has 0 bridgehead atoms. The number of para-hydroxylation sites is 1. The first-order valence-electron chi connectivity index (χ1n) is 7.55. The normalized spacial score (nSPS) is 10.5. The molecule has 0 amide bonds. The Bertz CT molecular complexity index is 925. The monoisotopic (exact) mass is 430 g/mol. The predicted molar refractivity (Wildman–Crippen MR) is 101 cm³/mol. The Hall–Kier alpha value is -2.33. The molecule has 0 N–H and O–H groups in total. The van der Waals surface area contributed by atoms with Gasteiger partial charge in [0, 0.05) is 32.8 Å². The predicted octanol–water partition coefficient (Wildman–Crippen LogP) is 4.42. The topological polar surface area (TPSA) is 55.0 Å². The van der Waals surface area contributed by atoms with Crippen LogP contribution in [0.15, 0.2) is 54.7 Å². The third-order valence-corrected chi connectivity index (χ3v) is 4.39. The molecule has 5 heteroatoms. The van der Waals surface area contributed by atoms with Crippen LogP contribution in [-0.2, 0) is 6.54 Å². The van der Waals surface area contributed by atoms with Crippen LogP contribution >= 0.6 is 22.6 Å². The van der Waals surface area contributed by atoms with Crippen LogP contribution in [-0.4, -0.2) is 17.0 Å². The van der Waals surface area contributed by atoms with Crippen LogP contribution in [0.3, 0.4) is 0 Å². The number of hydrogen-bond acceptors (Lipinski definition) is 3. The van der Waals surface area contributed by atoms with Crippen LogP contribution < -0.4 is 4.74 Å². The molecule has 120 valence electrons. The summed E-state index contributed by atoms with van der Waals surface area (Å²) in [6.07, 6.45) is 2.23. The molecule has 24 heavy (non-hydrogen) atoms. The van der Waals surface area contributed by atoms with Gasteiger partial charge in [0.2, 0.25) is 5.78 Å². The zero-order valence-corrected chi connectivity index (χ0v) is 15.1. The summed E-state index contributed by atoms with van der Waals surface area (Å²) in [6, 6.07) is 17.5. The molecule has 0 atom stereocenters. The highest BCUT2D eigenvalue weighted by molar-refractivity contribution is 14.1. The van der Waals surface area contributed by atoms with Crippen molar-refractivity contribution >= 4 is 39.3 Å². The quantitative estimate of drug-likeness (QED) is 0.430. The Kier molecular flexibility index (Phi) is 5.16. The molecular formula is C19H15IN2O2. The highest BCUT2D eigenvalue weighted by atomic mass is 127. The van der Waals surface area contributed by atoms with E-state index in [9.17, 15) is 4.79 Å². The van der Waals surface area contributed by atoms with Crippen molar-refractivity contribution in [2.24, 2.45) is 0 Å². The minimum absolute atomic E-state index is 0.00759. The minimum atomic E-state index is -0.0687. The van der Waals surface area contributed by atoms with E-state index in [1.54, 1.807) is 0 Å². The molecule has 0 aliphatic heterocycles. The molecular weight excluding hydrogens is 415 g/mol. The second-order valence-electron chi connectivity index (χ2n) is 5.33. The summed E-state index contributed by atoms with van der Waals surface area (Å²) >= 11 is 2.21. The first kappa shape index (κ1) is 16.5. The lowest BCUT2D eigenvalue weighted by molar-refractivity contribution is 0.0923. The first-order chi connectivity index (χ1) is 11.7. The SMILES string of the molecule is N#CCCn1cc(C(=O)COc2cccc(I)c2)c2ccccc21. The fourth-order valence-electron chi connectivity index (χ4n) is 2.61. The smallest absolute Gasteiger partial charge is 0.202 e. The van der Waals surface area contributed by atoms with Gasteiger partial charge in [-0.05, 0) is 46.9 Å². The van der Waals surface area contributed by atoms with Crippen LogP contribution in [0.1, 0.15) is 16.8 Å². The summed E-state index contributed by atoms with van der Waals surface area (Å²) < 4.78 is 8.64. The van der Waals surface area contributed by atoms with Gasteiger partial charge in [-0.15, -0.1) is 0 Å². The molecule has 1 aromatic heterocycles. The van der Waals surface area contributed by atoms with E-state index in [4.69, 9.17) is 10.00 Å². The van der Waals surface area contributed by atoms with E-state index in [2.05, 4.69) is 28.7 Å². The van der Waals surface area contributed by atoms with Crippen molar-refractivity contribution < 1.29 is 9.53 Å². The number of benzene rings is 2. The number of aromatic nitrogens is 1. The van der Waals surface area contributed by atoms with Gasteiger partial charge in [0.1, 0.15) is 5.75 Å². The second kappa shape index (κ2) is 7.49. The highest BCUT2D eigenvalue weighted by Gasteiger charge is 2.15. The maximum absolute atomic E-state index is 12.6. The summed E-state index contributed by atoms with van der Waals surface area (Å²) in [5.74, 6) is 0.615. The number of fused-ring (bicyclic) bond motifs is 1. The van der Waals surface area contributed by atoms with E-state index < -0.39 is 0 Å². The summed E-state index contributed by atoms with van der Waals surface area (Å²) in [5.41, 5.74) is 1.60. The third-order valence-electron chi connectivity index (χ3n) is 3.72. The number of carbonyl (C=O) groups excluding carboxylic acids is 1. The molecule has 0 unspecified atom stereocenters. The van der Waals surface area contributed by atoms with Crippen molar-refractivity contribution in [1.29, 1.82) is 5.26 Å². The Morgan fingerprint density at radius 2 is 2.04 bits per heavy atom. The number of hydrogen-bond donors (Lipinski definition) is 0. The Morgan fingerprint density at radius 1 is 1.21 bits per heavy atom. The number of ether oxygens (including phenoxy) is 1. The van der Waals surface area contributed by atoms with Crippen molar-refractivity contribution in [2.75, 3.05) is 6.61 Å². The van der Waals surface area contributed by atoms with Gasteiger partial charge >= 0.3 is 0 Å². The summed E-state index contributed by atoms with van der Waals surface area (Å²) in [4.78, 5) is 12.6. The van der Waals surface area contributed by atoms with Gasteiger partial charge in [-0.1, -0.05) is 24.3 Å². The molecule has 2 aromatic carbocycles. The summed E-state index contributed by atoms with van der Waals surface area (Å²) in [7, 11) is 0. The van der Waals surface area contributed by atoms with Crippen molar-refractivity contribution in [3.8, 4) is 11.8 Å². The minimum Gasteiger partial charge on any atom is -0.485 e. The van der Waals surface area contributed by atoms with Gasteiger partial charge in [0.15, 0.2) is 6.61 Å². The largest absolute Gasteiger partial charge is 0.485 e. The van der Waals surface area contributed by atoms with E-state index in [1.165, 1.54) is 0 Å². The van der Waals surface area contributed by atoms with Gasteiger partial charge in [0.25, 0.3) is 0 Å². The zero-order chi connectivity index (χ0) is 16.9. The average Bonchev–Trinajstić information content (AvgIpc) is 2.97. The lowest BCUT2D eigenvalue weighted by Crippen LogP contribution is -2.11. The van der Waals surface area contributed by atoms with Crippen molar-refractivity contribution in [3.63, 3.8) is 0 Å². The lowest BCUT2D eigenvalue weighted by Gasteiger charge is -2.05. The highest BCUT2D eigenvalue weighted by Crippen LogP contribution is 2.23. The van der Waals surface area contributed by atoms with Crippen molar-refractivity contribution in [1.82, 2.24) is 4.57 Å². The Morgan fingerprint density at radius 3 is 2.83 bits per heavy atom. The molecule has 0 fully saturated rings. The van der Waals surface area contributed by atoms with E-state index in [0.29, 0.717) is 24.3 Å². The average molecular weight is 430 g/mol. The number of aryl methyl sites for hydroxylation is 1. The molecule has 0 radical (unpaired) electrons. The summed E-state index contributed by atoms with van der Waals surface area (Å²) in [6.45, 7) is 0.564. The molecule has 0 saturated heterocycles. The molecule has 0 saturated carbocycles. The number of rotatable bonds is 6. The standard InChI is InChI=1S/C19H15IN2O2/c20-14-5-3-6-15(11-14)24-13-19(23)17-12-22(10-4-9-21)18-8-2-1-7-16(17)18/h1-3,5-8,11-12H,4,10,13H2. The second-order valence-corrected chi connectivity index (χ2v) is 6.58. The van der Waals surface area contributed by atoms with Crippen molar-refractivity contribution in [2.45, 2.75) is 13.0 Å². The van der Waals surface area contributed by atoms with Crippen LogP contribution in [0, 0.1) is 14.9 Å². The van der Waals surface area contributed by atoms with Gasteiger partial charge in [-0.2, -0.15) is 5.26 Å². The van der Waals surface area contributed by atoms with E-state index in [-0.39, 0.29) is 12.4 Å². The molecule has 4 nitrogen and oxygen atoms in total. The Balaban J connectivity index is 1.83. The molecule has 0 aliphatic rings. The molecule has 3 rings (SSSR count). The van der Waals surface area contributed by atoms with E-state index in [0.717, 1.165) is 14.5 Å². The molecule has 0 aliphatic carbocycles. The number of carbonyl (C=O) groups is 1. The van der Waals surface area contributed by atoms with Crippen molar-refractivity contribution in [3.05, 3.63) is 63.9 Å². The third kappa shape index (κ3) is 3.60. The van der Waals surface area contributed by atoms with Gasteiger partial charge < -0.3 is 9.30 Å². The molecule has 3 aromatic rings. The zero-order valence-electron chi connectivity index (χ0n) is 12.9. The lowest BCUT2D eigenvalue weighted by atomic mass is 10.1. The van der Waals surface area contributed by atoms with Gasteiger partial charge in [0.05, 0.1) is 12.5 Å². The number of ketones is 1. The molecule has 0 spiro atoms. The number of Topliss-reactive ketones (excluding diaryl/α,β-unsaturated/α-hetero) is 1. The van der Waals surface area contributed by atoms with Gasteiger partial charge in [-0.25, -0.2) is 0 Å². The van der Waals surface area contributed by atoms with Crippen LogP contribution in [0.4, 0.5) is 0 Å². The molecule has 1 heterocycles. The van der Waals surface area contributed by atoms with Crippen LogP contribution in [0.5, 0.6) is 5.75 Å². The number of nitriles is 1. The number of halogens is 1. The van der Waals surface area contributed by atoms with E-state index >= 15 is 0 Å². The Labute approximate surface area is 153 Å². The maximum Gasteiger partial charge on any atom is 0.202 e. The fraction of sp³-hybridized carbons (Fsp3) is 0.158. The van der Waals surface area contributed by atoms with Crippen LogP contribution in [0.2, 0.25) is 0 Å². The summed E-state index contributed by atoms with van der Waals surface area (Å²) in [5, 5.41) is 9.69. The van der Waals surface area contributed by atoms with Crippen LogP contribution in [0.25, 0.3) is 10.9 Å².